The zero-order chi connectivity index (χ0) is 37.7. The molecule has 0 bridgehead atoms. The molecule has 0 radical (unpaired) electrons. The fourth-order valence-electron chi connectivity index (χ4n) is 8.04. The van der Waals surface area contributed by atoms with E-state index in [-0.39, 0.29) is 0 Å². The number of hydrogen-bond acceptors (Lipinski definition) is 4. The van der Waals surface area contributed by atoms with Gasteiger partial charge in [0, 0.05) is 58.6 Å². The van der Waals surface area contributed by atoms with Crippen molar-refractivity contribution in [2.75, 3.05) is 0 Å². The first kappa shape index (κ1) is 33.1. The lowest BCUT2D eigenvalue weighted by atomic mass is 9.96. The molecule has 3 nitrogen and oxygen atoms in total. The molecular formula is C53H33N3S. The Morgan fingerprint density at radius 3 is 1.58 bits per heavy atom. The number of hydrogen-bond donors (Lipinski definition) is 0. The van der Waals surface area contributed by atoms with Crippen LogP contribution in [0.15, 0.2) is 200 Å². The van der Waals surface area contributed by atoms with E-state index in [4.69, 9.17) is 15.0 Å². The number of benzene rings is 8. The highest BCUT2D eigenvalue weighted by Crippen LogP contribution is 2.43. The van der Waals surface area contributed by atoms with Crippen LogP contribution in [0.4, 0.5) is 0 Å². The van der Waals surface area contributed by atoms with Crippen LogP contribution in [-0.2, 0) is 0 Å². The highest BCUT2D eigenvalue weighted by atomic mass is 32.1. The Morgan fingerprint density at radius 1 is 0.316 bits per heavy atom. The van der Waals surface area contributed by atoms with Gasteiger partial charge in [-0.1, -0.05) is 176 Å². The first-order valence-corrected chi connectivity index (χ1v) is 20.0. The molecule has 4 heteroatoms. The molecule has 0 atom stereocenters. The van der Waals surface area contributed by atoms with E-state index in [0.717, 1.165) is 67.1 Å². The van der Waals surface area contributed by atoms with Crippen molar-refractivity contribution in [3.05, 3.63) is 200 Å². The number of fused-ring (bicyclic) bond motifs is 7. The largest absolute Gasteiger partial charge is 0.247 e. The van der Waals surface area contributed by atoms with E-state index >= 15 is 0 Å². The molecular weight excluding hydrogens is 711 g/mol. The third kappa shape index (κ3) is 5.95. The molecule has 0 saturated heterocycles. The van der Waals surface area contributed by atoms with Crippen LogP contribution in [-0.4, -0.2) is 15.0 Å². The van der Waals surface area contributed by atoms with Gasteiger partial charge in [-0.25, -0.2) is 15.0 Å². The summed E-state index contributed by atoms with van der Waals surface area (Å²) in [6.07, 6.45) is 0. The van der Waals surface area contributed by atoms with Crippen molar-refractivity contribution in [1.82, 2.24) is 15.0 Å². The summed E-state index contributed by atoms with van der Waals surface area (Å²) in [7, 11) is 0. The lowest BCUT2D eigenvalue weighted by Crippen LogP contribution is -1.96. The first-order chi connectivity index (χ1) is 28.2. The molecule has 0 aliphatic carbocycles. The van der Waals surface area contributed by atoms with E-state index in [1.807, 2.05) is 23.5 Å². The van der Waals surface area contributed by atoms with Crippen molar-refractivity contribution in [1.29, 1.82) is 0 Å². The molecule has 0 unspecified atom stereocenters. The Bertz CT molecular complexity index is 3260. The average molecular weight is 744 g/mol. The van der Waals surface area contributed by atoms with Crippen LogP contribution in [0.1, 0.15) is 0 Å². The van der Waals surface area contributed by atoms with Crippen LogP contribution in [0.25, 0.3) is 109 Å². The van der Waals surface area contributed by atoms with Crippen LogP contribution in [0.5, 0.6) is 0 Å². The molecule has 3 heterocycles. The maximum Gasteiger partial charge on any atom is 0.160 e. The fraction of sp³-hybridized carbons (Fsp3) is 0. The topological polar surface area (TPSA) is 38.7 Å². The summed E-state index contributed by atoms with van der Waals surface area (Å²) in [5.74, 6) is 0.701. The monoisotopic (exact) mass is 743 g/mol. The molecule has 0 N–H and O–H groups in total. The first-order valence-electron chi connectivity index (χ1n) is 19.2. The quantitative estimate of drug-likeness (QED) is 0.159. The third-order valence-electron chi connectivity index (χ3n) is 10.9. The molecule has 0 fully saturated rings. The highest BCUT2D eigenvalue weighted by molar-refractivity contribution is 7.26. The predicted octanol–water partition coefficient (Wildman–Crippen LogP) is 14.5. The zero-order valence-electron chi connectivity index (χ0n) is 30.8. The summed E-state index contributed by atoms with van der Waals surface area (Å²) < 4.78 is 2.63. The van der Waals surface area contributed by atoms with Crippen LogP contribution < -0.4 is 0 Å². The maximum absolute atomic E-state index is 5.25. The van der Waals surface area contributed by atoms with Gasteiger partial charge < -0.3 is 0 Å². The van der Waals surface area contributed by atoms with Crippen LogP contribution >= 0.6 is 11.3 Å². The van der Waals surface area contributed by atoms with E-state index in [1.54, 1.807) is 0 Å². The molecule has 11 rings (SSSR count). The van der Waals surface area contributed by atoms with Crippen molar-refractivity contribution in [3.63, 3.8) is 0 Å². The lowest BCUT2D eigenvalue weighted by molar-refractivity contribution is 1.18. The van der Waals surface area contributed by atoms with Gasteiger partial charge in [0.15, 0.2) is 5.82 Å². The predicted molar refractivity (Wildman–Crippen MR) is 240 cm³/mol. The minimum Gasteiger partial charge on any atom is -0.247 e. The normalized spacial score (nSPS) is 11.5. The van der Waals surface area contributed by atoms with Gasteiger partial charge in [-0.3, -0.25) is 0 Å². The van der Waals surface area contributed by atoms with Gasteiger partial charge in [-0.2, -0.15) is 0 Å². The summed E-state index contributed by atoms with van der Waals surface area (Å²) in [6, 6.07) is 70.7. The molecule has 266 valence electrons. The Labute approximate surface area is 334 Å². The number of thiophene rings is 1. The summed E-state index contributed by atoms with van der Waals surface area (Å²) in [4.78, 5) is 15.5. The molecule has 0 aliphatic rings. The molecule has 0 saturated carbocycles. The molecule has 57 heavy (non-hydrogen) atoms. The average Bonchev–Trinajstić information content (AvgIpc) is 3.68. The number of nitrogens with zero attached hydrogens (tertiary/aromatic N) is 3. The van der Waals surface area contributed by atoms with Crippen molar-refractivity contribution in [2.24, 2.45) is 0 Å². The van der Waals surface area contributed by atoms with Gasteiger partial charge in [0.25, 0.3) is 0 Å². The molecule has 0 amide bonds. The minimum atomic E-state index is 0.701. The molecule has 8 aromatic carbocycles. The van der Waals surface area contributed by atoms with Crippen molar-refractivity contribution in [3.8, 4) is 67.4 Å². The Balaban J connectivity index is 0.955. The second-order valence-corrected chi connectivity index (χ2v) is 15.4. The van der Waals surface area contributed by atoms with Crippen molar-refractivity contribution >= 4 is 53.2 Å². The van der Waals surface area contributed by atoms with Gasteiger partial charge in [-0.15, -0.1) is 11.3 Å². The summed E-state index contributed by atoms with van der Waals surface area (Å²) in [5, 5.41) is 6.26. The van der Waals surface area contributed by atoms with Crippen LogP contribution in [0, 0.1) is 0 Å². The van der Waals surface area contributed by atoms with E-state index in [9.17, 15) is 0 Å². The van der Waals surface area contributed by atoms with E-state index in [1.165, 1.54) is 36.3 Å². The Hall–Kier alpha value is -7.27. The van der Waals surface area contributed by atoms with Gasteiger partial charge in [0.2, 0.25) is 0 Å². The second kappa shape index (κ2) is 13.8. The van der Waals surface area contributed by atoms with Gasteiger partial charge in [0.05, 0.1) is 22.6 Å². The summed E-state index contributed by atoms with van der Waals surface area (Å²) in [5.41, 5.74) is 12.6. The second-order valence-electron chi connectivity index (χ2n) is 14.4. The summed E-state index contributed by atoms with van der Waals surface area (Å²) >= 11 is 1.87. The number of rotatable bonds is 6. The fourth-order valence-corrected chi connectivity index (χ4v) is 9.30. The molecule has 0 spiro atoms. The summed E-state index contributed by atoms with van der Waals surface area (Å²) in [6.45, 7) is 0. The SMILES string of the molecule is c1ccc(-c2cccc(-c3nc(-c4ccccc4)cc(-c4ccc(-c5ccc(-c6nc7ccccc7c7c6ccc6c8ccccc8sc67)cc5)cc4)n3)c2)cc1. The number of para-hydroxylation sites is 1. The van der Waals surface area contributed by atoms with E-state index < -0.39 is 0 Å². The zero-order valence-corrected chi connectivity index (χ0v) is 31.6. The van der Waals surface area contributed by atoms with Crippen molar-refractivity contribution < 1.29 is 0 Å². The van der Waals surface area contributed by atoms with Gasteiger partial charge >= 0.3 is 0 Å². The number of pyridine rings is 1. The van der Waals surface area contributed by atoms with Gasteiger partial charge in [0.1, 0.15) is 0 Å². The van der Waals surface area contributed by atoms with Gasteiger partial charge in [-0.05, 0) is 46.5 Å². The molecule has 11 aromatic rings. The van der Waals surface area contributed by atoms with Crippen molar-refractivity contribution in [2.45, 2.75) is 0 Å². The Morgan fingerprint density at radius 2 is 0.842 bits per heavy atom. The third-order valence-corrected chi connectivity index (χ3v) is 12.1. The minimum absolute atomic E-state index is 0.701. The lowest BCUT2D eigenvalue weighted by Gasteiger charge is -2.12. The smallest absolute Gasteiger partial charge is 0.160 e. The maximum atomic E-state index is 5.25. The van der Waals surface area contributed by atoms with Crippen LogP contribution in [0.2, 0.25) is 0 Å². The highest BCUT2D eigenvalue weighted by Gasteiger charge is 2.17. The van der Waals surface area contributed by atoms with E-state index in [2.05, 4.69) is 188 Å². The molecule has 0 aliphatic heterocycles. The Kier molecular flexibility index (Phi) is 8.01. The van der Waals surface area contributed by atoms with Crippen LogP contribution in [0.3, 0.4) is 0 Å². The standard InChI is InChI=1S/C53H33N3S/c1-3-12-34(13-4-1)40-16-11-17-41(32-40)53-55-47(37-14-5-2-6-15-37)33-48(56-53)38-26-22-35(23-27-38)36-24-28-39(29-25-36)51-45-31-30-43-42-18-8-10-21-49(42)57-52(43)50(45)44-19-7-9-20-46(44)54-51/h1-33H. The van der Waals surface area contributed by atoms with E-state index in [0.29, 0.717) is 5.82 Å². The molecule has 3 aromatic heterocycles. The number of aromatic nitrogens is 3.